The molecule has 0 aliphatic carbocycles. The number of hydrogen-bond acceptors (Lipinski definition) is 1. The lowest BCUT2D eigenvalue weighted by Gasteiger charge is -2.05. The highest BCUT2D eigenvalue weighted by Gasteiger charge is 1.99. The second-order valence-electron chi connectivity index (χ2n) is 3.22. The fourth-order valence-electron chi connectivity index (χ4n) is 1.23. The third kappa shape index (κ3) is 2.94. The summed E-state index contributed by atoms with van der Waals surface area (Å²) >= 11 is 0. The van der Waals surface area contributed by atoms with Crippen LogP contribution in [0.4, 0.5) is 0 Å². The fraction of sp³-hybridized carbons (Fsp3) is 0.333. The molecule has 1 unspecified atom stereocenters. The minimum absolute atomic E-state index is 0.329. The molecule has 0 aliphatic rings. The van der Waals surface area contributed by atoms with E-state index >= 15 is 0 Å². The van der Waals surface area contributed by atoms with Gasteiger partial charge in [0.25, 0.3) is 0 Å². The van der Waals surface area contributed by atoms with E-state index in [1.165, 1.54) is 5.56 Å². The molecule has 1 rings (SSSR count). The van der Waals surface area contributed by atoms with Gasteiger partial charge in [-0.1, -0.05) is 38.1 Å². The maximum atomic E-state index is 9.10. The Bertz CT molecular complexity index is 272. The first-order chi connectivity index (χ1) is 6.24. The highest BCUT2D eigenvalue weighted by atomic mass is 16.3. The van der Waals surface area contributed by atoms with Crippen molar-refractivity contribution in [1.82, 2.24) is 0 Å². The van der Waals surface area contributed by atoms with Gasteiger partial charge in [-0.15, -0.1) is 0 Å². The molecule has 1 atom stereocenters. The Labute approximate surface area is 79.7 Å². The summed E-state index contributed by atoms with van der Waals surface area (Å²) in [6, 6.07) is 7.37. The minimum Gasteiger partial charge on any atom is -0.508 e. The molecule has 0 saturated carbocycles. The van der Waals surface area contributed by atoms with E-state index in [1.807, 2.05) is 12.1 Å². The van der Waals surface area contributed by atoms with Crippen molar-refractivity contribution in [2.45, 2.75) is 26.2 Å². The normalized spacial score (nSPS) is 13.4. The van der Waals surface area contributed by atoms with E-state index < -0.39 is 0 Å². The van der Waals surface area contributed by atoms with Gasteiger partial charge in [-0.25, -0.2) is 0 Å². The first-order valence-corrected chi connectivity index (χ1v) is 4.69. The van der Waals surface area contributed by atoms with Crippen LogP contribution in [0.25, 0.3) is 0 Å². The molecule has 1 nitrogen and oxygen atoms in total. The fourth-order valence-corrected chi connectivity index (χ4v) is 1.23. The summed E-state index contributed by atoms with van der Waals surface area (Å²) in [5.74, 6) is 0.760. The molecule has 0 fully saturated rings. The Morgan fingerprint density at radius 3 is 2.46 bits per heavy atom. The molecule has 1 aromatic rings. The molecule has 0 aliphatic heterocycles. The quantitative estimate of drug-likeness (QED) is 0.699. The highest BCUT2D eigenvalue weighted by Crippen LogP contribution is 2.19. The van der Waals surface area contributed by atoms with Gasteiger partial charge in [-0.2, -0.15) is 0 Å². The van der Waals surface area contributed by atoms with Gasteiger partial charge in [-0.3, -0.25) is 0 Å². The van der Waals surface area contributed by atoms with E-state index in [4.69, 9.17) is 5.11 Å². The molecule has 1 N–H and O–H groups in total. The molecule has 1 heteroatoms. The van der Waals surface area contributed by atoms with Crippen molar-refractivity contribution < 1.29 is 5.11 Å². The van der Waals surface area contributed by atoms with Crippen molar-refractivity contribution in [3.05, 3.63) is 42.0 Å². The van der Waals surface area contributed by atoms with Crippen LogP contribution >= 0.6 is 0 Å². The van der Waals surface area contributed by atoms with Crippen molar-refractivity contribution in [2.24, 2.45) is 0 Å². The first kappa shape index (κ1) is 9.85. The van der Waals surface area contributed by atoms with E-state index in [1.54, 1.807) is 12.1 Å². The molecule has 0 bridgehead atoms. The molecular formula is C12H16O. The predicted molar refractivity (Wildman–Crippen MR) is 56.0 cm³/mol. The van der Waals surface area contributed by atoms with Crippen LogP contribution in [0, 0.1) is 0 Å². The van der Waals surface area contributed by atoms with E-state index in [0.29, 0.717) is 11.7 Å². The Balaban J connectivity index is 2.71. The molecule has 0 aromatic heterocycles. The van der Waals surface area contributed by atoms with Gasteiger partial charge in [0.05, 0.1) is 0 Å². The number of phenols is 1. The zero-order valence-corrected chi connectivity index (χ0v) is 8.20. The smallest absolute Gasteiger partial charge is 0.115 e. The molecule has 13 heavy (non-hydrogen) atoms. The maximum Gasteiger partial charge on any atom is 0.115 e. The molecule has 0 radical (unpaired) electrons. The average Bonchev–Trinajstić information content (AvgIpc) is 2.15. The Morgan fingerprint density at radius 2 is 1.92 bits per heavy atom. The number of aromatic hydroxyl groups is 1. The monoisotopic (exact) mass is 176 g/mol. The van der Waals surface area contributed by atoms with Gasteiger partial charge in [0.2, 0.25) is 0 Å². The summed E-state index contributed by atoms with van der Waals surface area (Å²) in [7, 11) is 0. The number of hydrogen-bond donors (Lipinski definition) is 1. The number of rotatable bonds is 3. The van der Waals surface area contributed by atoms with Crippen LogP contribution in [0.3, 0.4) is 0 Å². The molecule has 0 heterocycles. The van der Waals surface area contributed by atoms with Crippen LogP contribution in [0.15, 0.2) is 36.4 Å². The van der Waals surface area contributed by atoms with Crippen molar-refractivity contribution in [2.75, 3.05) is 0 Å². The predicted octanol–water partition coefficient (Wildman–Crippen LogP) is 3.46. The summed E-state index contributed by atoms with van der Waals surface area (Å²) in [4.78, 5) is 0. The third-order valence-electron chi connectivity index (χ3n) is 2.08. The zero-order valence-electron chi connectivity index (χ0n) is 8.20. The Kier molecular flexibility index (Phi) is 3.56. The lowest BCUT2D eigenvalue weighted by atomic mass is 10.0. The van der Waals surface area contributed by atoms with Crippen LogP contribution in [-0.2, 0) is 0 Å². The summed E-state index contributed by atoms with van der Waals surface area (Å²) < 4.78 is 0. The third-order valence-corrected chi connectivity index (χ3v) is 2.08. The number of phenolic OH excluding ortho intramolecular Hbond substituents is 1. The van der Waals surface area contributed by atoms with Crippen LogP contribution in [0.1, 0.15) is 31.7 Å². The SMILES string of the molecule is CCC=CC(C)c1ccc(O)cc1. The van der Waals surface area contributed by atoms with E-state index in [0.717, 1.165) is 6.42 Å². The summed E-state index contributed by atoms with van der Waals surface area (Å²) in [5, 5.41) is 9.10. The van der Waals surface area contributed by atoms with Crippen LogP contribution < -0.4 is 0 Å². The Hall–Kier alpha value is -1.24. The molecule has 70 valence electrons. The average molecular weight is 176 g/mol. The van der Waals surface area contributed by atoms with Gasteiger partial charge < -0.3 is 5.11 Å². The second-order valence-corrected chi connectivity index (χ2v) is 3.22. The summed E-state index contributed by atoms with van der Waals surface area (Å²) in [6.07, 6.45) is 5.42. The first-order valence-electron chi connectivity index (χ1n) is 4.69. The molecule has 0 spiro atoms. The lowest BCUT2D eigenvalue weighted by Crippen LogP contribution is -1.87. The zero-order chi connectivity index (χ0) is 9.68. The molecule has 1 aromatic carbocycles. The van der Waals surface area contributed by atoms with Gasteiger partial charge in [0.1, 0.15) is 5.75 Å². The van der Waals surface area contributed by atoms with Gasteiger partial charge >= 0.3 is 0 Å². The van der Waals surface area contributed by atoms with Crippen molar-refractivity contribution in [1.29, 1.82) is 0 Å². The van der Waals surface area contributed by atoms with Crippen molar-refractivity contribution in [3.63, 3.8) is 0 Å². The number of benzene rings is 1. The van der Waals surface area contributed by atoms with Crippen LogP contribution in [0.5, 0.6) is 5.75 Å². The van der Waals surface area contributed by atoms with Crippen LogP contribution in [0.2, 0.25) is 0 Å². The topological polar surface area (TPSA) is 20.2 Å². The number of allylic oxidation sites excluding steroid dienone is 2. The largest absolute Gasteiger partial charge is 0.508 e. The minimum atomic E-state index is 0.329. The summed E-state index contributed by atoms with van der Waals surface area (Å²) in [5.41, 5.74) is 1.24. The molecule has 0 amide bonds. The van der Waals surface area contributed by atoms with Crippen molar-refractivity contribution in [3.8, 4) is 5.75 Å². The van der Waals surface area contributed by atoms with E-state index in [2.05, 4.69) is 26.0 Å². The van der Waals surface area contributed by atoms with Gasteiger partial charge in [0.15, 0.2) is 0 Å². The highest BCUT2D eigenvalue weighted by molar-refractivity contribution is 5.29. The summed E-state index contributed by atoms with van der Waals surface area (Å²) in [6.45, 7) is 4.28. The standard InChI is InChI=1S/C12H16O/c1-3-4-5-10(2)11-6-8-12(13)9-7-11/h4-10,13H,3H2,1-2H3. The molecular weight excluding hydrogens is 160 g/mol. The van der Waals surface area contributed by atoms with Gasteiger partial charge in [-0.05, 0) is 30.0 Å². The van der Waals surface area contributed by atoms with Crippen molar-refractivity contribution >= 4 is 0 Å². The van der Waals surface area contributed by atoms with E-state index in [-0.39, 0.29) is 0 Å². The Morgan fingerprint density at radius 1 is 1.31 bits per heavy atom. The second kappa shape index (κ2) is 4.70. The van der Waals surface area contributed by atoms with E-state index in [9.17, 15) is 0 Å². The van der Waals surface area contributed by atoms with Gasteiger partial charge in [0, 0.05) is 0 Å². The molecule has 0 saturated heterocycles. The maximum absolute atomic E-state index is 9.10. The van der Waals surface area contributed by atoms with Crippen LogP contribution in [-0.4, -0.2) is 5.11 Å². The lowest BCUT2D eigenvalue weighted by molar-refractivity contribution is 0.475.